The molecule has 0 aliphatic carbocycles. The summed E-state index contributed by atoms with van der Waals surface area (Å²) in [6.45, 7) is 0. The van der Waals surface area contributed by atoms with Crippen molar-refractivity contribution in [2.24, 2.45) is 5.73 Å². The normalized spacial score (nSPS) is 13.0. The molecule has 2 aromatic carbocycles. The van der Waals surface area contributed by atoms with Crippen LogP contribution in [-0.2, 0) is 6.18 Å². The summed E-state index contributed by atoms with van der Waals surface area (Å²) in [5.41, 5.74) is 9.19. The molecule has 0 fully saturated rings. The Hall–Kier alpha value is -2.11. The molecule has 0 aliphatic rings. The van der Waals surface area contributed by atoms with E-state index in [-0.39, 0.29) is 6.04 Å². The monoisotopic (exact) mass is 333 g/mol. The molecule has 1 nitrogen and oxygen atoms in total. The molecule has 0 bridgehead atoms. The van der Waals surface area contributed by atoms with E-state index in [4.69, 9.17) is 5.73 Å². The van der Waals surface area contributed by atoms with Crippen LogP contribution in [0.25, 0.3) is 11.1 Å². The van der Waals surface area contributed by atoms with Crippen LogP contribution in [0, 0.1) is 0 Å². The maximum Gasteiger partial charge on any atom is 0.416 e. The minimum absolute atomic E-state index is 0.192. The highest BCUT2D eigenvalue weighted by Crippen LogP contribution is 2.31. The topological polar surface area (TPSA) is 26.0 Å². The Labute approximate surface area is 136 Å². The van der Waals surface area contributed by atoms with Crippen molar-refractivity contribution in [3.63, 3.8) is 0 Å². The van der Waals surface area contributed by atoms with Gasteiger partial charge in [-0.15, -0.1) is 0 Å². The summed E-state index contributed by atoms with van der Waals surface area (Å²) in [5, 5.41) is 3.99. The number of halogens is 3. The van der Waals surface area contributed by atoms with Crippen LogP contribution in [0.3, 0.4) is 0 Å². The third kappa shape index (κ3) is 3.46. The highest BCUT2D eigenvalue weighted by Gasteiger charge is 2.29. The van der Waals surface area contributed by atoms with Crippen LogP contribution in [0.2, 0.25) is 0 Å². The van der Waals surface area contributed by atoms with Crippen molar-refractivity contribution in [3.8, 4) is 11.1 Å². The molecule has 2 N–H and O–H groups in total. The lowest BCUT2D eigenvalue weighted by atomic mass is 9.98. The zero-order chi connectivity index (χ0) is 16.4. The van der Waals surface area contributed by atoms with Crippen molar-refractivity contribution >= 4 is 11.3 Å². The van der Waals surface area contributed by atoms with Gasteiger partial charge in [0.1, 0.15) is 0 Å². The van der Waals surface area contributed by atoms with Crippen molar-refractivity contribution in [1.29, 1.82) is 0 Å². The van der Waals surface area contributed by atoms with Gasteiger partial charge in [0.05, 0.1) is 11.6 Å². The fourth-order valence-corrected chi connectivity index (χ4v) is 3.08. The summed E-state index contributed by atoms with van der Waals surface area (Å²) in [6, 6.07) is 14.5. The van der Waals surface area contributed by atoms with Gasteiger partial charge >= 0.3 is 6.18 Å². The first kappa shape index (κ1) is 15.8. The molecule has 5 heteroatoms. The van der Waals surface area contributed by atoms with E-state index < -0.39 is 11.7 Å². The number of rotatable bonds is 3. The number of thiophene rings is 1. The van der Waals surface area contributed by atoms with Crippen molar-refractivity contribution in [3.05, 3.63) is 82.0 Å². The van der Waals surface area contributed by atoms with E-state index in [1.54, 1.807) is 11.3 Å². The maximum absolute atomic E-state index is 12.6. The summed E-state index contributed by atoms with van der Waals surface area (Å²) in [6.07, 6.45) is -4.31. The average Bonchev–Trinajstić information content (AvgIpc) is 3.08. The van der Waals surface area contributed by atoms with Crippen molar-refractivity contribution in [2.75, 3.05) is 0 Å². The van der Waals surface area contributed by atoms with Crippen LogP contribution in [-0.4, -0.2) is 0 Å². The van der Waals surface area contributed by atoms with Gasteiger partial charge in [-0.05, 0) is 51.2 Å². The van der Waals surface area contributed by atoms with E-state index in [1.165, 1.54) is 12.1 Å². The summed E-state index contributed by atoms with van der Waals surface area (Å²) in [5.74, 6) is 0. The molecular formula is C18H14F3NS. The number of hydrogen-bond acceptors (Lipinski definition) is 2. The highest BCUT2D eigenvalue weighted by atomic mass is 32.1. The zero-order valence-corrected chi connectivity index (χ0v) is 12.9. The SMILES string of the molecule is N[C@@H](c1ccc(-c2ccc(C(F)(F)F)cc2)cc1)c1ccsc1. The molecule has 1 aromatic heterocycles. The van der Waals surface area contributed by atoms with E-state index >= 15 is 0 Å². The van der Waals surface area contributed by atoms with Crippen molar-refractivity contribution in [2.45, 2.75) is 12.2 Å². The van der Waals surface area contributed by atoms with Crippen molar-refractivity contribution in [1.82, 2.24) is 0 Å². The molecule has 0 unspecified atom stereocenters. The molecule has 0 amide bonds. The first-order valence-corrected chi connectivity index (χ1v) is 7.95. The van der Waals surface area contributed by atoms with Crippen LogP contribution in [0.1, 0.15) is 22.7 Å². The van der Waals surface area contributed by atoms with Gasteiger partial charge in [0.15, 0.2) is 0 Å². The van der Waals surface area contributed by atoms with Crippen LogP contribution in [0.5, 0.6) is 0 Å². The lowest BCUT2D eigenvalue weighted by Crippen LogP contribution is -2.10. The second-order valence-electron chi connectivity index (χ2n) is 5.23. The Balaban J connectivity index is 1.82. The molecule has 0 spiro atoms. The van der Waals surface area contributed by atoms with E-state index in [0.29, 0.717) is 0 Å². The zero-order valence-electron chi connectivity index (χ0n) is 12.0. The molecule has 0 saturated carbocycles. The standard InChI is InChI=1S/C18H14F3NS/c19-18(20,21)16-7-5-13(6-8-16)12-1-3-14(4-2-12)17(22)15-9-10-23-11-15/h1-11,17H,22H2/t17-/m0/s1. The summed E-state index contributed by atoms with van der Waals surface area (Å²) >= 11 is 1.59. The lowest BCUT2D eigenvalue weighted by molar-refractivity contribution is -0.137. The Morgan fingerprint density at radius 1 is 0.783 bits per heavy atom. The Morgan fingerprint density at radius 2 is 1.35 bits per heavy atom. The second kappa shape index (κ2) is 6.18. The second-order valence-corrected chi connectivity index (χ2v) is 6.01. The van der Waals surface area contributed by atoms with E-state index in [9.17, 15) is 13.2 Å². The van der Waals surface area contributed by atoms with E-state index in [0.717, 1.165) is 34.4 Å². The molecule has 3 aromatic rings. The fraction of sp³-hybridized carbons (Fsp3) is 0.111. The number of hydrogen-bond donors (Lipinski definition) is 1. The summed E-state index contributed by atoms with van der Waals surface area (Å²) < 4.78 is 37.8. The Morgan fingerprint density at radius 3 is 1.83 bits per heavy atom. The number of alkyl halides is 3. The average molecular weight is 333 g/mol. The smallest absolute Gasteiger partial charge is 0.320 e. The summed E-state index contributed by atoms with van der Waals surface area (Å²) in [7, 11) is 0. The van der Waals surface area contributed by atoms with Crippen LogP contribution in [0.4, 0.5) is 13.2 Å². The van der Waals surface area contributed by atoms with Crippen LogP contribution < -0.4 is 5.73 Å². The third-order valence-corrected chi connectivity index (χ3v) is 4.42. The molecule has 0 radical (unpaired) electrons. The third-order valence-electron chi connectivity index (χ3n) is 3.72. The van der Waals surface area contributed by atoms with Gasteiger partial charge in [-0.1, -0.05) is 36.4 Å². The van der Waals surface area contributed by atoms with Crippen LogP contribution in [0.15, 0.2) is 65.4 Å². The molecular weight excluding hydrogens is 319 g/mol. The predicted molar refractivity (Wildman–Crippen MR) is 87.2 cm³/mol. The lowest BCUT2D eigenvalue weighted by Gasteiger charge is -2.12. The molecule has 23 heavy (non-hydrogen) atoms. The molecule has 0 saturated heterocycles. The molecule has 118 valence electrons. The van der Waals surface area contributed by atoms with Gasteiger partial charge in [-0.3, -0.25) is 0 Å². The Bertz CT molecular complexity index is 760. The highest BCUT2D eigenvalue weighted by molar-refractivity contribution is 7.08. The number of nitrogens with two attached hydrogens (primary N) is 1. The van der Waals surface area contributed by atoms with Crippen molar-refractivity contribution < 1.29 is 13.2 Å². The van der Waals surface area contributed by atoms with Gasteiger partial charge in [0.25, 0.3) is 0 Å². The van der Waals surface area contributed by atoms with Gasteiger partial charge in [0.2, 0.25) is 0 Å². The molecule has 1 atom stereocenters. The van der Waals surface area contributed by atoms with Crippen LogP contribution >= 0.6 is 11.3 Å². The van der Waals surface area contributed by atoms with Gasteiger partial charge in [0, 0.05) is 0 Å². The Kier molecular flexibility index (Phi) is 4.24. The quantitative estimate of drug-likeness (QED) is 0.674. The minimum atomic E-state index is -4.31. The first-order valence-electron chi connectivity index (χ1n) is 7.00. The molecule has 3 rings (SSSR count). The predicted octanol–water partition coefficient (Wildman–Crippen LogP) is 5.48. The van der Waals surface area contributed by atoms with E-state index in [2.05, 4.69) is 0 Å². The van der Waals surface area contributed by atoms with Gasteiger partial charge in [-0.25, -0.2) is 0 Å². The molecule has 0 aliphatic heterocycles. The van der Waals surface area contributed by atoms with Gasteiger partial charge in [-0.2, -0.15) is 24.5 Å². The van der Waals surface area contributed by atoms with E-state index in [1.807, 2.05) is 41.1 Å². The number of benzene rings is 2. The first-order chi connectivity index (χ1) is 10.9. The minimum Gasteiger partial charge on any atom is -0.320 e. The molecule has 1 heterocycles. The largest absolute Gasteiger partial charge is 0.416 e. The fourth-order valence-electron chi connectivity index (χ4n) is 2.38. The van der Waals surface area contributed by atoms with Gasteiger partial charge < -0.3 is 5.73 Å². The maximum atomic E-state index is 12.6. The summed E-state index contributed by atoms with van der Waals surface area (Å²) in [4.78, 5) is 0.